The summed E-state index contributed by atoms with van der Waals surface area (Å²) in [4.78, 5) is 21.3. The molecular weight excluding hydrogens is 346 g/mol. The average molecular weight is 367 g/mol. The van der Waals surface area contributed by atoms with Crippen LogP contribution in [0.15, 0.2) is 30.9 Å². The maximum Gasteiger partial charge on any atom is 0.263 e. The van der Waals surface area contributed by atoms with Crippen LogP contribution in [0.5, 0.6) is 5.75 Å². The van der Waals surface area contributed by atoms with Crippen molar-refractivity contribution in [2.45, 2.75) is 31.9 Å². The van der Waals surface area contributed by atoms with Crippen molar-refractivity contribution in [2.75, 3.05) is 18.1 Å². The first kappa shape index (κ1) is 17.2. The second kappa shape index (κ2) is 7.20. The molecule has 0 unspecified atom stereocenters. The number of amides is 1. The number of rotatable bonds is 6. The second-order valence-electron chi connectivity index (χ2n) is 6.52. The summed E-state index contributed by atoms with van der Waals surface area (Å²) in [5, 5.41) is 10.1. The highest BCUT2D eigenvalue weighted by Crippen LogP contribution is 2.30. The lowest BCUT2D eigenvalue weighted by molar-refractivity contribution is 0.102. The molecule has 140 valence electrons. The normalized spacial score (nSPS) is 14.1. The van der Waals surface area contributed by atoms with E-state index in [1.807, 2.05) is 7.05 Å². The fourth-order valence-corrected chi connectivity index (χ4v) is 2.94. The molecule has 0 spiro atoms. The third-order valence-electron chi connectivity index (χ3n) is 4.54. The number of nitrogens with two attached hydrogens (primary N) is 1. The average Bonchev–Trinajstić information content (AvgIpc) is 2.94. The lowest BCUT2D eigenvalue weighted by Gasteiger charge is -2.27. The van der Waals surface area contributed by atoms with Crippen LogP contribution in [-0.4, -0.2) is 38.6 Å². The number of nitrogen functional groups attached to an aromatic ring is 1. The van der Waals surface area contributed by atoms with Gasteiger partial charge < -0.3 is 21.1 Å². The van der Waals surface area contributed by atoms with E-state index >= 15 is 0 Å². The lowest BCUT2D eigenvalue weighted by Crippen LogP contribution is -2.25. The van der Waals surface area contributed by atoms with E-state index in [0.29, 0.717) is 23.6 Å². The molecule has 1 aliphatic rings. The first-order chi connectivity index (χ1) is 13.2. The molecule has 3 aromatic heterocycles. The molecule has 0 aliphatic heterocycles. The van der Waals surface area contributed by atoms with Gasteiger partial charge in [-0.25, -0.2) is 9.50 Å². The van der Waals surface area contributed by atoms with Crippen LogP contribution < -0.4 is 21.1 Å². The molecule has 3 aromatic rings. The van der Waals surface area contributed by atoms with Gasteiger partial charge >= 0.3 is 0 Å². The molecule has 1 aliphatic carbocycles. The predicted molar refractivity (Wildman–Crippen MR) is 101 cm³/mol. The number of aromatic nitrogens is 4. The number of anilines is 2. The Hall–Kier alpha value is -3.20. The van der Waals surface area contributed by atoms with E-state index in [1.165, 1.54) is 4.52 Å². The van der Waals surface area contributed by atoms with Gasteiger partial charge in [-0.2, -0.15) is 0 Å². The number of ether oxygens (including phenoxy) is 1. The molecule has 0 bridgehead atoms. The first-order valence-electron chi connectivity index (χ1n) is 8.85. The van der Waals surface area contributed by atoms with Crippen molar-refractivity contribution in [3.63, 3.8) is 0 Å². The fourth-order valence-electron chi connectivity index (χ4n) is 2.94. The summed E-state index contributed by atoms with van der Waals surface area (Å²) < 4.78 is 7.45. The molecule has 1 saturated carbocycles. The van der Waals surface area contributed by atoms with Gasteiger partial charge in [-0.15, -0.1) is 5.10 Å². The minimum Gasteiger partial charge on any atom is -0.488 e. The number of fused-ring (bicyclic) bond motifs is 1. The van der Waals surface area contributed by atoms with Crippen molar-refractivity contribution in [1.29, 1.82) is 0 Å². The summed E-state index contributed by atoms with van der Waals surface area (Å²) in [5.74, 6) is 0.317. The number of nitrogens with one attached hydrogen (secondary N) is 2. The van der Waals surface area contributed by atoms with E-state index in [1.54, 1.807) is 30.9 Å². The standard InChI is InChI=1S/C18H21N7O2/c1-20-7-11-8-22-17-15(16(19)24-25(17)10-11)18(26)23-13-9-21-6-5-14(13)27-12-3-2-4-12/h5-6,8-10,12,20H,2-4,7H2,1H3,(H2,19,24)(H,23,26). The molecule has 9 nitrogen and oxygen atoms in total. The van der Waals surface area contributed by atoms with Crippen LogP contribution in [-0.2, 0) is 6.54 Å². The zero-order valence-electron chi connectivity index (χ0n) is 15.0. The first-order valence-corrected chi connectivity index (χ1v) is 8.85. The van der Waals surface area contributed by atoms with Crippen molar-refractivity contribution in [3.05, 3.63) is 42.0 Å². The summed E-state index contributed by atoms with van der Waals surface area (Å²) in [7, 11) is 1.84. The quantitative estimate of drug-likeness (QED) is 0.605. The number of hydrogen-bond donors (Lipinski definition) is 3. The molecule has 1 amide bonds. The number of hydrogen-bond acceptors (Lipinski definition) is 7. The number of carbonyl (C=O) groups excluding carboxylic acids is 1. The third-order valence-corrected chi connectivity index (χ3v) is 4.54. The van der Waals surface area contributed by atoms with Gasteiger partial charge in [0.05, 0.1) is 12.3 Å². The van der Waals surface area contributed by atoms with E-state index in [0.717, 1.165) is 24.8 Å². The maximum absolute atomic E-state index is 12.9. The van der Waals surface area contributed by atoms with Crippen LogP contribution in [0.1, 0.15) is 35.2 Å². The summed E-state index contributed by atoms with van der Waals surface area (Å²) in [6, 6.07) is 1.75. The number of pyridine rings is 1. The Morgan fingerprint density at radius 3 is 3.00 bits per heavy atom. The Kier molecular flexibility index (Phi) is 4.59. The van der Waals surface area contributed by atoms with Gasteiger partial charge in [0.1, 0.15) is 17.0 Å². The van der Waals surface area contributed by atoms with Crippen molar-refractivity contribution in [3.8, 4) is 5.75 Å². The summed E-state index contributed by atoms with van der Waals surface area (Å²) in [6.07, 6.45) is 10.1. The largest absolute Gasteiger partial charge is 0.488 e. The van der Waals surface area contributed by atoms with Crippen molar-refractivity contribution in [2.24, 2.45) is 0 Å². The predicted octanol–water partition coefficient (Wildman–Crippen LogP) is 1.61. The monoisotopic (exact) mass is 367 g/mol. The Balaban J connectivity index is 1.61. The van der Waals surface area contributed by atoms with Gasteiger partial charge in [-0.05, 0) is 26.3 Å². The molecule has 0 atom stereocenters. The molecule has 27 heavy (non-hydrogen) atoms. The minimum atomic E-state index is -0.400. The van der Waals surface area contributed by atoms with Crippen molar-refractivity contribution < 1.29 is 9.53 Å². The molecule has 0 saturated heterocycles. The smallest absolute Gasteiger partial charge is 0.263 e. The molecule has 0 radical (unpaired) electrons. The molecule has 9 heteroatoms. The molecule has 0 aromatic carbocycles. The Morgan fingerprint density at radius 1 is 1.41 bits per heavy atom. The zero-order chi connectivity index (χ0) is 18.8. The maximum atomic E-state index is 12.9. The van der Waals surface area contributed by atoms with Gasteiger partial charge in [-0.3, -0.25) is 9.78 Å². The Morgan fingerprint density at radius 2 is 2.26 bits per heavy atom. The van der Waals surface area contributed by atoms with E-state index in [4.69, 9.17) is 10.5 Å². The second-order valence-corrected chi connectivity index (χ2v) is 6.52. The van der Waals surface area contributed by atoms with E-state index in [-0.39, 0.29) is 17.5 Å². The summed E-state index contributed by atoms with van der Waals surface area (Å²) in [5.41, 5.74) is 8.04. The highest BCUT2D eigenvalue weighted by atomic mass is 16.5. The van der Waals surface area contributed by atoms with Crippen LogP contribution in [0.4, 0.5) is 11.5 Å². The molecular formula is C18H21N7O2. The highest BCUT2D eigenvalue weighted by Gasteiger charge is 2.23. The summed E-state index contributed by atoms with van der Waals surface area (Å²) in [6.45, 7) is 0.641. The van der Waals surface area contributed by atoms with Crippen LogP contribution in [0.25, 0.3) is 5.65 Å². The fraction of sp³-hybridized carbons (Fsp3) is 0.333. The van der Waals surface area contributed by atoms with E-state index < -0.39 is 5.91 Å². The van der Waals surface area contributed by atoms with E-state index in [9.17, 15) is 4.79 Å². The Bertz CT molecular complexity index is 981. The zero-order valence-corrected chi connectivity index (χ0v) is 15.0. The minimum absolute atomic E-state index is 0.118. The van der Waals surface area contributed by atoms with Crippen LogP contribution in [0.2, 0.25) is 0 Å². The summed E-state index contributed by atoms with van der Waals surface area (Å²) >= 11 is 0. The van der Waals surface area contributed by atoms with Gasteiger partial charge in [0.15, 0.2) is 11.5 Å². The number of nitrogens with zero attached hydrogens (tertiary/aromatic N) is 4. The molecule has 4 rings (SSSR count). The van der Waals surface area contributed by atoms with Gasteiger partial charge in [0.25, 0.3) is 5.91 Å². The van der Waals surface area contributed by atoms with Crippen LogP contribution >= 0.6 is 0 Å². The van der Waals surface area contributed by atoms with Gasteiger partial charge in [0, 0.05) is 36.8 Å². The van der Waals surface area contributed by atoms with E-state index in [2.05, 4.69) is 25.7 Å². The van der Waals surface area contributed by atoms with Gasteiger partial charge in [0.2, 0.25) is 0 Å². The van der Waals surface area contributed by atoms with Gasteiger partial charge in [-0.1, -0.05) is 0 Å². The molecule has 1 fully saturated rings. The third kappa shape index (κ3) is 3.41. The van der Waals surface area contributed by atoms with Crippen LogP contribution in [0.3, 0.4) is 0 Å². The Labute approximate surface area is 155 Å². The van der Waals surface area contributed by atoms with Crippen molar-refractivity contribution >= 4 is 23.1 Å². The molecule has 4 N–H and O–H groups in total. The van der Waals surface area contributed by atoms with Crippen molar-refractivity contribution in [1.82, 2.24) is 24.9 Å². The molecule has 3 heterocycles. The number of carbonyl (C=O) groups is 1. The van der Waals surface area contributed by atoms with Crippen LogP contribution in [0, 0.1) is 0 Å². The SMILES string of the molecule is CNCc1cnc2c(C(=O)Nc3cnccc3OC3CCC3)c(N)nn2c1. The topological polar surface area (TPSA) is 119 Å². The highest BCUT2D eigenvalue weighted by molar-refractivity contribution is 6.11. The lowest BCUT2D eigenvalue weighted by atomic mass is 9.96.